The average Bonchev–Trinajstić information content (AvgIpc) is 3.00. The topological polar surface area (TPSA) is 92.2 Å². The van der Waals surface area contributed by atoms with Crippen molar-refractivity contribution >= 4 is 29.1 Å². The zero-order valence-corrected chi connectivity index (χ0v) is 13.5. The van der Waals surface area contributed by atoms with Crippen LogP contribution in [0.5, 0.6) is 0 Å². The van der Waals surface area contributed by atoms with E-state index in [9.17, 15) is 9.59 Å². The van der Waals surface area contributed by atoms with Crippen LogP contribution >= 0.6 is 11.6 Å². The van der Waals surface area contributed by atoms with Crippen molar-refractivity contribution in [3.05, 3.63) is 35.9 Å². The number of carbonyl (C=O) groups excluding carboxylic acids is 2. The molecule has 0 saturated carbocycles. The number of hydrogen-bond acceptors (Lipinski definition) is 5. The summed E-state index contributed by atoms with van der Waals surface area (Å²) in [4.78, 5) is 28.9. The average molecular weight is 337 g/mol. The molecule has 2 aromatic rings. The Kier molecular flexibility index (Phi) is 5.67. The molecule has 0 atom stereocenters. The molecule has 9 heteroatoms. The Hall–Kier alpha value is -2.45. The molecule has 2 rings (SSSR count). The van der Waals surface area contributed by atoms with E-state index in [1.807, 2.05) is 0 Å². The largest absolute Gasteiger partial charge is 0.358 e. The summed E-state index contributed by atoms with van der Waals surface area (Å²) < 4.78 is 1.53. The molecule has 0 fully saturated rings. The molecule has 2 amide bonds. The Morgan fingerprint density at radius 2 is 2.04 bits per heavy atom. The van der Waals surface area contributed by atoms with Gasteiger partial charge < -0.3 is 10.6 Å². The molecule has 0 bridgehead atoms. The van der Waals surface area contributed by atoms with Crippen LogP contribution in [0.3, 0.4) is 0 Å². The predicted octanol–water partition coefficient (Wildman–Crippen LogP) is 0.537. The first kappa shape index (κ1) is 16.9. The lowest BCUT2D eigenvalue weighted by Crippen LogP contribution is -2.37. The third kappa shape index (κ3) is 4.76. The van der Waals surface area contributed by atoms with Gasteiger partial charge in [0.25, 0.3) is 0 Å². The van der Waals surface area contributed by atoms with Gasteiger partial charge >= 0.3 is 0 Å². The Morgan fingerprint density at radius 3 is 2.70 bits per heavy atom. The van der Waals surface area contributed by atoms with Crippen LogP contribution in [-0.2, 0) is 9.59 Å². The molecule has 2 N–H and O–H groups in total. The van der Waals surface area contributed by atoms with Crippen LogP contribution in [0, 0.1) is 0 Å². The number of benzene rings is 1. The van der Waals surface area contributed by atoms with Gasteiger partial charge in [-0.3, -0.25) is 14.5 Å². The van der Waals surface area contributed by atoms with E-state index < -0.39 is 0 Å². The molecule has 8 nitrogen and oxygen atoms in total. The van der Waals surface area contributed by atoms with E-state index in [1.165, 1.54) is 17.3 Å². The molecule has 1 aromatic heterocycles. The van der Waals surface area contributed by atoms with Gasteiger partial charge in [-0.1, -0.05) is 11.6 Å². The van der Waals surface area contributed by atoms with Crippen LogP contribution in [0.15, 0.2) is 30.9 Å². The first-order valence-electron chi connectivity index (χ1n) is 6.83. The number of hydrogen-bond donors (Lipinski definition) is 2. The van der Waals surface area contributed by atoms with Crippen molar-refractivity contribution in [1.29, 1.82) is 0 Å². The van der Waals surface area contributed by atoms with Crippen molar-refractivity contribution in [2.45, 2.75) is 0 Å². The van der Waals surface area contributed by atoms with Gasteiger partial charge in [-0.05, 0) is 25.2 Å². The van der Waals surface area contributed by atoms with Crippen LogP contribution in [0.4, 0.5) is 5.69 Å². The number of rotatable bonds is 6. The maximum absolute atomic E-state index is 12.2. The van der Waals surface area contributed by atoms with Gasteiger partial charge in [-0.25, -0.2) is 9.67 Å². The lowest BCUT2D eigenvalue weighted by Gasteiger charge is -2.16. The molecular formula is C14H17ClN6O2. The summed E-state index contributed by atoms with van der Waals surface area (Å²) in [6.45, 7) is 0.201. The highest BCUT2D eigenvalue weighted by Crippen LogP contribution is 2.23. The highest BCUT2D eigenvalue weighted by molar-refractivity contribution is 6.31. The molecule has 0 aliphatic heterocycles. The van der Waals surface area contributed by atoms with Crippen molar-refractivity contribution in [3.63, 3.8) is 0 Å². The van der Waals surface area contributed by atoms with Gasteiger partial charge in [0, 0.05) is 12.1 Å². The lowest BCUT2D eigenvalue weighted by molar-refractivity contribution is -0.122. The van der Waals surface area contributed by atoms with Gasteiger partial charge in [0.1, 0.15) is 12.7 Å². The van der Waals surface area contributed by atoms with Crippen LogP contribution in [0.2, 0.25) is 5.02 Å². The lowest BCUT2D eigenvalue weighted by atomic mass is 10.2. The summed E-state index contributed by atoms with van der Waals surface area (Å²) in [5.41, 5.74) is 1.16. The number of nitrogens with zero attached hydrogens (tertiary/aromatic N) is 4. The van der Waals surface area contributed by atoms with Gasteiger partial charge in [-0.15, -0.1) is 0 Å². The molecule has 0 saturated heterocycles. The number of anilines is 1. The number of halogens is 1. The predicted molar refractivity (Wildman–Crippen MR) is 86.6 cm³/mol. The molecule has 1 heterocycles. The number of nitrogens with one attached hydrogen (secondary N) is 2. The molecule has 0 aliphatic rings. The number of aromatic nitrogens is 3. The van der Waals surface area contributed by atoms with Gasteiger partial charge in [0.15, 0.2) is 0 Å². The van der Waals surface area contributed by atoms with Crippen molar-refractivity contribution in [2.75, 3.05) is 32.5 Å². The van der Waals surface area contributed by atoms with Crippen LogP contribution in [-0.4, -0.2) is 58.7 Å². The third-order valence-electron chi connectivity index (χ3n) is 3.00. The minimum atomic E-state index is -0.264. The van der Waals surface area contributed by atoms with E-state index in [0.29, 0.717) is 16.4 Å². The summed E-state index contributed by atoms with van der Waals surface area (Å²) in [7, 11) is 3.23. The van der Waals surface area contributed by atoms with Gasteiger partial charge in [0.05, 0.1) is 24.5 Å². The summed E-state index contributed by atoms with van der Waals surface area (Å²) in [5, 5.41) is 9.81. The van der Waals surface area contributed by atoms with Crippen LogP contribution in [0.1, 0.15) is 0 Å². The molecule has 23 heavy (non-hydrogen) atoms. The Bertz CT molecular complexity index is 689. The number of likely N-dealkylation sites (N-methyl/N-ethyl adjacent to an activating group) is 2. The highest BCUT2D eigenvalue weighted by Gasteiger charge is 2.13. The highest BCUT2D eigenvalue weighted by atomic mass is 35.5. The van der Waals surface area contributed by atoms with Crippen molar-refractivity contribution in [3.8, 4) is 5.69 Å². The normalized spacial score (nSPS) is 10.6. The monoisotopic (exact) mass is 336 g/mol. The maximum Gasteiger partial charge on any atom is 0.238 e. The van der Waals surface area contributed by atoms with Gasteiger partial charge in [-0.2, -0.15) is 5.10 Å². The minimum Gasteiger partial charge on any atom is -0.358 e. The second kappa shape index (κ2) is 7.70. The standard InChI is InChI=1S/C14H17ClN6O2/c1-16-13(22)6-20(2)7-14(23)19-11-5-10(15)3-4-12(11)21-9-17-8-18-21/h3-5,8-9H,6-7H2,1-2H3,(H,16,22)(H,19,23). The first-order valence-corrected chi connectivity index (χ1v) is 7.21. The van der Waals surface area contributed by atoms with E-state index in [1.54, 1.807) is 37.2 Å². The fourth-order valence-corrected chi connectivity index (χ4v) is 2.13. The maximum atomic E-state index is 12.2. The zero-order valence-electron chi connectivity index (χ0n) is 12.8. The van der Waals surface area contributed by atoms with E-state index in [-0.39, 0.29) is 24.9 Å². The van der Waals surface area contributed by atoms with E-state index >= 15 is 0 Å². The molecule has 0 radical (unpaired) electrons. The number of carbonyl (C=O) groups is 2. The Balaban J connectivity index is 2.09. The fraction of sp³-hybridized carbons (Fsp3) is 0.286. The summed E-state index contributed by atoms with van der Waals surface area (Å²) in [5.74, 6) is -0.425. The van der Waals surface area contributed by atoms with Crippen molar-refractivity contribution in [2.24, 2.45) is 0 Å². The fourth-order valence-electron chi connectivity index (χ4n) is 1.96. The second-order valence-corrected chi connectivity index (χ2v) is 5.33. The van der Waals surface area contributed by atoms with E-state index in [2.05, 4.69) is 20.7 Å². The molecular weight excluding hydrogens is 320 g/mol. The molecule has 0 spiro atoms. The molecule has 0 aliphatic carbocycles. The van der Waals surface area contributed by atoms with Crippen molar-refractivity contribution < 1.29 is 9.59 Å². The molecule has 1 aromatic carbocycles. The smallest absolute Gasteiger partial charge is 0.238 e. The Morgan fingerprint density at radius 1 is 1.30 bits per heavy atom. The quantitative estimate of drug-likeness (QED) is 0.803. The second-order valence-electron chi connectivity index (χ2n) is 4.90. The van der Waals surface area contributed by atoms with Crippen LogP contribution < -0.4 is 10.6 Å². The summed E-state index contributed by atoms with van der Waals surface area (Å²) >= 11 is 6.00. The third-order valence-corrected chi connectivity index (χ3v) is 3.24. The first-order chi connectivity index (χ1) is 11.0. The number of amides is 2. The Labute approximate surface area is 138 Å². The summed E-state index contributed by atoms with van der Waals surface area (Å²) in [6.07, 6.45) is 2.92. The van der Waals surface area contributed by atoms with Gasteiger partial charge in [0.2, 0.25) is 11.8 Å². The van der Waals surface area contributed by atoms with E-state index in [4.69, 9.17) is 11.6 Å². The zero-order chi connectivity index (χ0) is 16.8. The van der Waals surface area contributed by atoms with Crippen LogP contribution in [0.25, 0.3) is 5.69 Å². The van der Waals surface area contributed by atoms with Crippen molar-refractivity contribution in [1.82, 2.24) is 25.0 Å². The molecule has 122 valence electrons. The minimum absolute atomic E-state index is 0.0662. The molecule has 0 unspecified atom stereocenters. The summed E-state index contributed by atoms with van der Waals surface area (Å²) in [6, 6.07) is 5.07. The van der Waals surface area contributed by atoms with E-state index in [0.717, 1.165) is 0 Å². The SMILES string of the molecule is CNC(=O)CN(C)CC(=O)Nc1cc(Cl)ccc1-n1cncn1.